The van der Waals surface area contributed by atoms with Gasteiger partial charge in [-0.25, -0.2) is 15.0 Å². The maximum atomic E-state index is 5.79. The second-order valence-corrected chi connectivity index (χ2v) is 5.91. The van der Waals surface area contributed by atoms with Crippen LogP contribution in [0.25, 0.3) is 22.4 Å². The number of fused-ring (bicyclic) bond motifs is 1. The van der Waals surface area contributed by atoms with Gasteiger partial charge in [0.1, 0.15) is 23.0 Å². The summed E-state index contributed by atoms with van der Waals surface area (Å²) >= 11 is 0. The summed E-state index contributed by atoms with van der Waals surface area (Å²) in [5.74, 6) is 1.77. The van der Waals surface area contributed by atoms with Gasteiger partial charge < -0.3 is 16.0 Å². The minimum Gasteiger partial charge on any atom is -0.384 e. The molecule has 0 saturated carbocycles. The van der Waals surface area contributed by atoms with E-state index in [4.69, 9.17) is 16.5 Å². The van der Waals surface area contributed by atoms with E-state index in [1.807, 2.05) is 19.1 Å². The summed E-state index contributed by atoms with van der Waals surface area (Å²) in [6.07, 6.45) is 2.21. The molecule has 0 aromatic carbocycles. The molecule has 0 saturated heterocycles. The van der Waals surface area contributed by atoms with E-state index in [-0.39, 0.29) is 0 Å². The average molecular weight is 310 g/mol. The Morgan fingerprint density at radius 1 is 1.09 bits per heavy atom. The monoisotopic (exact) mass is 310 g/mol. The number of nitrogens with two attached hydrogens (primary N) is 2. The van der Waals surface area contributed by atoms with E-state index in [1.54, 1.807) is 12.1 Å². The van der Waals surface area contributed by atoms with Crippen LogP contribution in [0.2, 0.25) is 0 Å². The predicted molar refractivity (Wildman–Crippen MR) is 93.9 cm³/mol. The maximum Gasteiger partial charge on any atom is 0.160 e. The summed E-state index contributed by atoms with van der Waals surface area (Å²) < 4.78 is 2.20. The summed E-state index contributed by atoms with van der Waals surface area (Å²) in [6, 6.07) is 7.87. The van der Waals surface area contributed by atoms with Crippen LogP contribution in [0.3, 0.4) is 0 Å². The van der Waals surface area contributed by atoms with Gasteiger partial charge in [-0.3, -0.25) is 0 Å². The zero-order valence-corrected chi connectivity index (χ0v) is 13.7. The van der Waals surface area contributed by atoms with Crippen LogP contribution in [0.1, 0.15) is 38.6 Å². The first-order valence-electron chi connectivity index (χ1n) is 7.88. The van der Waals surface area contributed by atoms with Crippen LogP contribution in [0.5, 0.6) is 0 Å². The molecule has 1 atom stereocenters. The molecule has 3 heterocycles. The van der Waals surface area contributed by atoms with E-state index in [1.165, 1.54) is 0 Å². The molecule has 0 bridgehead atoms. The van der Waals surface area contributed by atoms with Gasteiger partial charge in [-0.15, -0.1) is 0 Å². The molecule has 1 unspecified atom stereocenters. The Morgan fingerprint density at radius 2 is 1.78 bits per heavy atom. The smallest absolute Gasteiger partial charge is 0.160 e. The second-order valence-electron chi connectivity index (χ2n) is 5.91. The van der Waals surface area contributed by atoms with Crippen LogP contribution >= 0.6 is 0 Å². The van der Waals surface area contributed by atoms with Gasteiger partial charge in [0.05, 0.1) is 5.69 Å². The molecule has 0 spiro atoms. The summed E-state index contributed by atoms with van der Waals surface area (Å²) in [6.45, 7) is 6.41. The fourth-order valence-electron chi connectivity index (χ4n) is 3.04. The van der Waals surface area contributed by atoms with Crippen molar-refractivity contribution in [3.8, 4) is 11.3 Å². The number of pyridine rings is 2. The fourth-order valence-corrected chi connectivity index (χ4v) is 3.04. The highest BCUT2D eigenvalue weighted by atomic mass is 15.1. The lowest BCUT2D eigenvalue weighted by molar-refractivity contribution is 0.499. The first-order chi connectivity index (χ1) is 11.0. The Bertz CT molecular complexity index is 831. The molecule has 0 aliphatic heterocycles. The zero-order valence-electron chi connectivity index (χ0n) is 13.7. The summed E-state index contributed by atoms with van der Waals surface area (Å²) in [4.78, 5) is 13.4. The lowest BCUT2D eigenvalue weighted by Crippen LogP contribution is -2.07. The lowest BCUT2D eigenvalue weighted by Gasteiger charge is -2.15. The van der Waals surface area contributed by atoms with Gasteiger partial charge in [0.2, 0.25) is 0 Å². The van der Waals surface area contributed by atoms with Crippen molar-refractivity contribution in [2.24, 2.45) is 0 Å². The van der Waals surface area contributed by atoms with Crippen molar-refractivity contribution in [1.82, 2.24) is 19.5 Å². The van der Waals surface area contributed by atoms with Gasteiger partial charge >= 0.3 is 0 Å². The van der Waals surface area contributed by atoms with Gasteiger partial charge in [-0.1, -0.05) is 13.3 Å². The number of aromatic nitrogens is 4. The first-order valence-corrected chi connectivity index (χ1v) is 7.88. The van der Waals surface area contributed by atoms with Crippen molar-refractivity contribution in [1.29, 1.82) is 0 Å². The van der Waals surface area contributed by atoms with E-state index >= 15 is 0 Å². The molecule has 4 N–H and O–H groups in total. The third-order valence-electron chi connectivity index (χ3n) is 4.02. The Labute approximate surface area is 135 Å². The topological polar surface area (TPSA) is 95.6 Å². The minimum absolute atomic E-state index is 0.361. The molecular weight excluding hydrogens is 288 g/mol. The van der Waals surface area contributed by atoms with Crippen LogP contribution in [0.4, 0.5) is 11.6 Å². The van der Waals surface area contributed by atoms with Crippen LogP contribution in [0.15, 0.2) is 24.3 Å². The largest absolute Gasteiger partial charge is 0.384 e. The molecule has 6 nitrogen and oxygen atoms in total. The quantitative estimate of drug-likeness (QED) is 0.770. The molecule has 3 rings (SSSR count). The molecule has 0 aliphatic rings. The van der Waals surface area contributed by atoms with Gasteiger partial charge in [0, 0.05) is 11.6 Å². The third kappa shape index (κ3) is 2.84. The van der Waals surface area contributed by atoms with Crippen molar-refractivity contribution in [3.63, 3.8) is 0 Å². The highest BCUT2D eigenvalue weighted by Gasteiger charge is 2.15. The Hall–Kier alpha value is -2.63. The summed E-state index contributed by atoms with van der Waals surface area (Å²) in [5, 5.41) is 0. The zero-order chi connectivity index (χ0) is 16.6. The molecule has 3 aromatic heterocycles. The highest BCUT2D eigenvalue weighted by molar-refractivity contribution is 5.77. The first kappa shape index (κ1) is 15.3. The number of rotatable bonds is 4. The molecule has 0 amide bonds. The molecule has 23 heavy (non-hydrogen) atoms. The molecule has 6 heteroatoms. The van der Waals surface area contributed by atoms with E-state index < -0.39 is 0 Å². The van der Waals surface area contributed by atoms with Crippen molar-refractivity contribution in [2.75, 3.05) is 11.5 Å². The number of nitrogen functional groups attached to an aromatic ring is 2. The predicted octanol–water partition coefficient (Wildman–Crippen LogP) is 3.33. The average Bonchev–Trinajstić information content (AvgIpc) is 2.81. The molecule has 0 aliphatic carbocycles. The Kier molecular flexibility index (Phi) is 3.90. The van der Waals surface area contributed by atoms with Crippen LogP contribution in [-0.4, -0.2) is 19.5 Å². The third-order valence-corrected chi connectivity index (χ3v) is 4.02. The van der Waals surface area contributed by atoms with Crippen LogP contribution in [-0.2, 0) is 0 Å². The number of aryl methyl sites for hydroxylation is 1. The number of imidazole rings is 1. The summed E-state index contributed by atoms with van der Waals surface area (Å²) in [5.41, 5.74) is 15.1. The lowest BCUT2D eigenvalue weighted by atomic mass is 10.1. The van der Waals surface area contributed by atoms with Crippen LogP contribution < -0.4 is 11.5 Å². The van der Waals surface area contributed by atoms with E-state index in [9.17, 15) is 0 Å². The number of nitrogens with zero attached hydrogens (tertiary/aromatic N) is 4. The van der Waals surface area contributed by atoms with E-state index in [0.717, 1.165) is 41.1 Å². The van der Waals surface area contributed by atoms with Gasteiger partial charge in [0.25, 0.3) is 0 Å². The Morgan fingerprint density at radius 3 is 2.43 bits per heavy atom. The fraction of sp³-hybridized carbons (Fsp3) is 0.353. The van der Waals surface area contributed by atoms with E-state index in [0.29, 0.717) is 17.7 Å². The Balaban J connectivity index is 2.15. The normalized spacial score (nSPS) is 12.7. The number of hydrogen-bond acceptors (Lipinski definition) is 5. The molecule has 0 radical (unpaired) electrons. The SMILES string of the molecule is CCCC(C)n1c(C)nc2ccc(-c3cc(N)nc(N)c3)nc21. The van der Waals surface area contributed by atoms with Crippen molar-refractivity contribution < 1.29 is 0 Å². The standard InChI is InChI=1S/C17H22N6/c1-4-5-10(2)23-11(3)20-14-7-6-13(21-17(14)23)12-8-15(18)22-16(19)9-12/h6-10H,4-5H2,1-3H3,(H4,18,19,22). The minimum atomic E-state index is 0.361. The molecule has 0 fully saturated rings. The van der Waals surface area contributed by atoms with Crippen molar-refractivity contribution in [2.45, 2.75) is 39.7 Å². The second kappa shape index (κ2) is 5.87. The molecule has 120 valence electrons. The summed E-state index contributed by atoms with van der Waals surface area (Å²) in [7, 11) is 0. The van der Waals surface area contributed by atoms with Crippen molar-refractivity contribution in [3.05, 3.63) is 30.1 Å². The van der Waals surface area contributed by atoms with Gasteiger partial charge in [0.15, 0.2) is 5.65 Å². The van der Waals surface area contributed by atoms with Gasteiger partial charge in [-0.05, 0) is 44.5 Å². The molecule has 3 aromatic rings. The maximum absolute atomic E-state index is 5.79. The highest BCUT2D eigenvalue weighted by Crippen LogP contribution is 2.27. The van der Waals surface area contributed by atoms with Crippen LogP contribution in [0, 0.1) is 6.92 Å². The number of anilines is 2. The molecular formula is C17H22N6. The van der Waals surface area contributed by atoms with Crippen molar-refractivity contribution >= 4 is 22.8 Å². The van der Waals surface area contributed by atoms with Gasteiger partial charge in [-0.2, -0.15) is 0 Å². The van der Waals surface area contributed by atoms with E-state index in [2.05, 4.69) is 28.4 Å². The number of hydrogen-bond donors (Lipinski definition) is 2.